The topological polar surface area (TPSA) is 0 Å². The second kappa shape index (κ2) is 7.80. The molecular formula is C30H34Si. The van der Waals surface area contributed by atoms with Gasteiger partial charge in [-0.25, -0.2) is 0 Å². The van der Waals surface area contributed by atoms with Crippen LogP contribution >= 0.6 is 0 Å². The van der Waals surface area contributed by atoms with Gasteiger partial charge in [-0.3, -0.25) is 0 Å². The van der Waals surface area contributed by atoms with E-state index in [0.717, 1.165) is 0 Å². The van der Waals surface area contributed by atoms with Crippen molar-refractivity contribution >= 4 is 23.6 Å². The lowest BCUT2D eigenvalue weighted by atomic mass is 10.0. The van der Waals surface area contributed by atoms with Gasteiger partial charge in [0, 0.05) is 5.04 Å². The number of hydrogen-bond acceptors (Lipinski definition) is 0. The molecule has 0 spiro atoms. The molecule has 1 aliphatic rings. The molecule has 2 unspecified atom stereocenters. The molecule has 0 saturated heterocycles. The number of benzene rings is 3. The van der Waals surface area contributed by atoms with Gasteiger partial charge < -0.3 is 0 Å². The zero-order chi connectivity index (χ0) is 22.4. The van der Waals surface area contributed by atoms with E-state index in [1.165, 1.54) is 49.0 Å². The van der Waals surface area contributed by atoms with Crippen molar-refractivity contribution in [2.75, 3.05) is 0 Å². The first-order chi connectivity index (χ1) is 14.7. The summed E-state index contributed by atoms with van der Waals surface area (Å²) < 4.78 is 0. The number of rotatable bonds is 4. The molecule has 0 fully saturated rings. The Bertz CT molecular complexity index is 1180. The maximum Gasteiger partial charge on any atom is 0.162 e. The molecule has 0 saturated carbocycles. The minimum Gasteiger partial charge on any atom is -0.0730 e. The van der Waals surface area contributed by atoms with E-state index >= 15 is 0 Å². The molecule has 1 heteroatoms. The Labute approximate surface area is 189 Å². The van der Waals surface area contributed by atoms with Gasteiger partial charge in [-0.15, -0.1) is 0 Å². The highest BCUT2D eigenvalue weighted by atomic mass is 28.3. The van der Waals surface area contributed by atoms with E-state index in [-0.39, 0.29) is 5.04 Å². The first-order valence-electron chi connectivity index (χ1n) is 11.3. The van der Waals surface area contributed by atoms with E-state index in [9.17, 15) is 0 Å². The van der Waals surface area contributed by atoms with Crippen LogP contribution in [0.3, 0.4) is 0 Å². The van der Waals surface area contributed by atoms with Gasteiger partial charge in [-0.1, -0.05) is 114 Å². The van der Waals surface area contributed by atoms with Crippen molar-refractivity contribution in [3.05, 3.63) is 112 Å². The number of hydrogen-bond donors (Lipinski definition) is 0. The minimum absolute atomic E-state index is 0.0468. The van der Waals surface area contributed by atoms with Crippen LogP contribution in [0.4, 0.5) is 0 Å². The van der Waals surface area contributed by atoms with Gasteiger partial charge in [0.15, 0.2) is 8.07 Å². The molecule has 1 aliphatic carbocycles. The van der Waals surface area contributed by atoms with E-state index in [4.69, 9.17) is 0 Å². The Hall–Kier alpha value is -2.64. The van der Waals surface area contributed by atoms with Crippen molar-refractivity contribution < 1.29 is 0 Å². The summed E-state index contributed by atoms with van der Waals surface area (Å²) >= 11 is 0. The second-order valence-electron chi connectivity index (χ2n) is 9.59. The highest BCUT2D eigenvalue weighted by Gasteiger charge is 2.56. The third kappa shape index (κ3) is 3.18. The van der Waals surface area contributed by atoms with Crippen molar-refractivity contribution in [3.63, 3.8) is 0 Å². The smallest absolute Gasteiger partial charge is 0.0730 e. The molecule has 0 bridgehead atoms. The van der Waals surface area contributed by atoms with Crippen LogP contribution in [0.25, 0.3) is 0 Å². The molecule has 3 aromatic rings. The van der Waals surface area contributed by atoms with Crippen LogP contribution in [-0.4, -0.2) is 8.07 Å². The fraction of sp³-hybridized carbons (Fsp3) is 0.267. The van der Waals surface area contributed by atoms with Crippen molar-refractivity contribution in [1.29, 1.82) is 0 Å². The molecule has 0 radical (unpaired) electrons. The van der Waals surface area contributed by atoms with Crippen LogP contribution in [0, 0.1) is 20.8 Å². The number of aryl methyl sites for hydroxylation is 3. The Morgan fingerprint density at radius 2 is 1.23 bits per heavy atom. The van der Waals surface area contributed by atoms with Crippen LogP contribution in [-0.2, 0) is 0 Å². The SMILES string of the molecule is CC1=CC(C)([Si](c2ccccc2)(c2cc(C)cc(C)c2)c2ccccc2C)C(C)=C1C. The molecule has 0 aliphatic heterocycles. The first-order valence-corrected chi connectivity index (χ1v) is 13.3. The second-order valence-corrected chi connectivity index (χ2v) is 13.8. The predicted octanol–water partition coefficient (Wildman–Crippen LogP) is 6.14. The van der Waals surface area contributed by atoms with Gasteiger partial charge in [-0.05, 0) is 62.7 Å². The maximum atomic E-state index is 2.58. The van der Waals surface area contributed by atoms with Crippen LogP contribution in [0.5, 0.6) is 0 Å². The Morgan fingerprint density at radius 1 is 0.645 bits per heavy atom. The Kier molecular flexibility index (Phi) is 5.43. The summed E-state index contributed by atoms with van der Waals surface area (Å²) in [6.07, 6.45) is 2.58. The molecule has 2 atom stereocenters. The van der Waals surface area contributed by atoms with Gasteiger partial charge >= 0.3 is 0 Å². The lowest BCUT2D eigenvalue weighted by Gasteiger charge is -2.48. The molecule has 31 heavy (non-hydrogen) atoms. The van der Waals surface area contributed by atoms with Crippen LogP contribution < -0.4 is 15.6 Å². The molecule has 0 amide bonds. The maximum absolute atomic E-state index is 2.58. The first kappa shape index (κ1) is 21.6. The molecule has 158 valence electrons. The highest BCUT2D eigenvalue weighted by molar-refractivity contribution is 7.14. The van der Waals surface area contributed by atoms with Crippen molar-refractivity contribution in [2.45, 2.75) is 53.5 Å². The molecular weight excluding hydrogens is 388 g/mol. The largest absolute Gasteiger partial charge is 0.162 e. The molecule has 0 aromatic heterocycles. The monoisotopic (exact) mass is 422 g/mol. The Morgan fingerprint density at radius 3 is 1.77 bits per heavy atom. The summed E-state index contributed by atoms with van der Waals surface area (Å²) in [6.45, 7) is 16.2. The van der Waals surface area contributed by atoms with Gasteiger partial charge in [-0.2, -0.15) is 0 Å². The summed E-state index contributed by atoms with van der Waals surface area (Å²) in [6, 6.07) is 27.7. The Balaban J connectivity index is 2.26. The summed E-state index contributed by atoms with van der Waals surface area (Å²) in [4.78, 5) is 0. The fourth-order valence-electron chi connectivity index (χ4n) is 5.95. The minimum atomic E-state index is -2.50. The molecule has 0 N–H and O–H groups in total. The van der Waals surface area contributed by atoms with Crippen molar-refractivity contribution in [1.82, 2.24) is 0 Å². The normalized spacial score (nSPS) is 20.5. The highest BCUT2D eigenvalue weighted by Crippen LogP contribution is 2.53. The molecule has 4 rings (SSSR count). The average Bonchev–Trinajstić information content (AvgIpc) is 2.93. The van der Waals surface area contributed by atoms with Gasteiger partial charge in [0.25, 0.3) is 0 Å². The summed E-state index contributed by atoms with van der Waals surface area (Å²) in [7, 11) is -2.50. The zero-order valence-electron chi connectivity index (χ0n) is 20.0. The molecule has 0 heterocycles. The summed E-state index contributed by atoms with van der Waals surface area (Å²) in [5, 5.41) is 4.46. The third-order valence-corrected chi connectivity index (χ3v) is 13.4. The van der Waals surface area contributed by atoms with E-state index in [1.807, 2.05) is 0 Å². The summed E-state index contributed by atoms with van der Waals surface area (Å²) in [5.41, 5.74) is 8.47. The average molecular weight is 423 g/mol. The van der Waals surface area contributed by atoms with Gasteiger partial charge in [0.2, 0.25) is 0 Å². The lowest BCUT2D eigenvalue weighted by molar-refractivity contribution is 0.870. The van der Waals surface area contributed by atoms with E-state index in [0.29, 0.717) is 0 Å². The predicted molar refractivity (Wildman–Crippen MR) is 139 cm³/mol. The van der Waals surface area contributed by atoms with Crippen molar-refractivity contribution in [2.24, 2.45) is 0 Å². The van der Waals surface area contributed by atoms with Crippen molar-refractivity contribution in [3.8, 4) is 0 Å². The van der Waals surface area contributed by atoms with Crippen LogP contribution in [0.15, 0.2) is 95.6 Å². The van der Waals surface area contributed by atoms with E-state index < -0.39 is 8.07 Å². The fourth-order valence-corrected chi connectivity index (χ4v) is 12.5. The number of allylic oxidation sites excluding steroid dienone is 4. The molecule has 0 nitrogen and oxygen atoms in total. The third-order valence-electron chi connectivity index (χ3n) is 7.63. The zero-order valence-corrected chi connectivity index (χ0v) is 21.0. The van der Waals surface area contributed by atoms with Crippen LogP contribution in [0.1, 0.15) is 44.4 Å². The lowest BCUT2D eigenvalue weighted by Crippen LogP contribution is -2.73. The van der Waals surface area contributed by atoms with E-state index in [2.05, 4.69) is 127 Å². The quantitative estimate of drug-likeness (QED) is 0.350. The van der Waals surface area contributed by atoms with Gasteiger partial charge in [0.05, 0.1) is 0 Å². The van der Waals surface area contributed by atoms with Crippen LogP contribution in [0.2, 0.25) is 5.04 Å². The summed E-state index contributed by atoms with van der Waals surface area (Å²) in [5.74, 6) is 0. The van der Waals surface area contributed by atoms with Gasteiger partial charge in [0.1, 0.15) is 0 Å². The standard InChI is InChI=1S/C30H34Si/c1-21-17-22(2)19-28(18-21)31(27-14-9-8-10-15-27,29-16-12-11-13-23(29)3)30(7)20-24(4)25(5)26(30)6/h8-20H,1-7H3. The van der Waals surface area contributed by atoms with E-state index in [1.54, 1.807) is 0 Å². The molecule has 3 aromatic carbocycles.